The average Bonchev–Trinajstić information content (AvgIpc) is 3.10. The first-order valence-electron chi connectivity index (χ1n) is 10.7. The summed E-state index contributed by atoms with van der Waals surface area (Å²) in [4.78, 5) is 33.1. The highest BCUT2D eigenvalue weighted by atomic mass is 79.9. The Bertz CT molecular complexity index is 1160. The lowest BCUT2D eigenvalue weighted by molar-refractivity contribution is -0.384. The molecule has 2 aromatic rings. The highest BCUT2D eigenvalue weighted by Gasteiger charge is 2.33. The molecule has 0 bridgehead atoms. The number of amides is 1. The predicted molar refractivity (Wildman–Crippen MR) is 138 cm³/mol. The van der Waals surface area contributed by atoms with Gasteiger partial charge in [-0.3, -0.25) is 19.8 Å². The zero-order valence-corrected chi connectivity index (χ0v) is 21.1. The lowest BCUT2D eigenvalue weighted by Crippen LogP contribution is -2.30. The van der Waals surface area contributed by atoms with Crippen LogP contribution >= 0.6 is 39.3 Å². The first-order valence-corrected chi connectivity index (χ1v) is 12.6. The third kappa shape index (κ3) is 5.26. The fourth-order valence-electron chi connectivity index (χ4n) is 3.87. The number of carbonyl (C=O) groups excluding carboxylic acids is 1. The number of hydrogen-bond donors (Lipinski definition) is 0. The number of hydrogen-bond acceptors (Lipinski definition) is 6. The Morgan fingerprint density at radius 3 is 2.64 bits per heavy atom. The van der Waals surface area contributed by atoms with Gasteiger partial charge in [0.1, 0.15) is 0 Å². The molecule has 1 amide bonds. The number of nitro groups is 1. The summed E-state index contributed by atoms with van der Waals surface area (Å²) in [6, 6.07) is 10.2. The van der Waals surface area contributed by atoms with Crippen LogP contribution < -0.4 is 4.90 Å². The summed E-state index contributed by atoms with van der Waals surface area (Å²) in [5.41, 5.74) is 2.23. The van der Waals surface area contributed by atoms with E-state index in [-0.39, 0.29) is 11.6 Å². The first kappa shape index (κ1) is 23.8. The van der Waals surface area contributed by atoms with E-state index in [9.17, 15) is 14.9 Å². The third-order valence-corrected chi connectivity index (χ3v) is 7.78. The SMILES string of the molecule is CCN1C(=O)/C(=C\c2cc([N+](=O)[O-])ccc2N2CCCCC2)SC1=Nc1ccc(Br)c(Cl)c1. The van der Waals surface area contributed by atoms with E-state index in [1.807, 2.05) is 19.1 Å². The second-order valence-electron chi connectivity index (χ2n) is 7.70. The van der Waals surface area contributed by atoms with Gasteiger partial charge in [0.2, 0.25) is 0 Å². The lowest BCUT2D eigenvalue weighted by atomic mass is 10.1. The standard InChI is InChI=1S/C23H22BrClN4O3S/c1-2-28-22(30)21(33-23(28)26-16-6-8-18(24)19(25)14-16)13-15-12-17(29(31)32)7-9-20(15)27-10-4-3-5-11-27/h6-9,12-14H,2-5,10-11H2,1H3/b21-13+,26-23?. The van der Waals surface area contributed by atoms with Gasteiger partial charge in [-0.05, 0) is 84.2 Å². The number of rotatable bonds is 5. The summed E-state index contributed by atoms with van der Waals surface area (Å²) < 4.78 is 0.770. The van der Waals surface area contributed by atoms with Gasteiger partial charge in [-0.15, -0.1) is 0 Å². The van der Waals surface area contributed by atoms with Crippen molar-refractivity contribution in [2.45, 2.75) is 26.2 Å². The van der Waals surface area contributed by atoms with Gasteiger partial charge in [0.15, 0.2) is 5.17 Å². The molecule has 0 saturated carbocycles. The van der Waals surface area contributed by atoms with E-state index in [0.29, 0.717) is 32.9 Å². The molecule has 2 fully saturated rings. The summed E-state index contributed by atoms with van der Waals surface area (Å²) in [5, 5.41) is 12.5. The number of benzene rings is 2. The Kier molecular flexibility index (Phi) is 7.41. The smallest absolute Gasteiger partial charge is 0.270 e. The number of amidine groups is 1. The molecule has 7 nitrogen and oxygen atoms in total. The van der Waals surface area contributed by atoms with Crippen molar-refractivity contribution in [3.05, 3.63) is 66.5 Å². The summed E-state index contributed by atoms with van der Waals surface area (Å²) in [5.74, 6) is -0.166. The number of likely N-dealkylation sites (N-methyl/N-ethyl adjacent to an activating group) is 1. The minimum absolute atomic E-state index is 0.00352. The largest absolute Gasteiger partial charge is 0.371 e. The predicted octanol–water partition coefficient (Wildman–Crippen LogP) is 6.62. The van der Waals surface area contributed by atoms with Crippen molar-refractivity contribution in [1.82, 2.24) is 4.90 Å². The van der Waals surface area contributed by atoms with Crippen LogP contribution in [0.4, 0.5) is 17.1 Å². The third-order valence-electron chi connectivity index (χ3n) is 5.54. The zero-order chi connectivity index (χ0) is 23.5. The van der Waals surface area contributed by atoms with Gasteiger partial charge in [-0.25, -0.2) is 4.99 Å². The Labute approximate surface area is 209 Å². The molecule has 2 aliphatic rings. The number of anilines is 1. The van der Waals surface area contributed by atoms with E-state index in [4.69, 9.17) is 11.6 Å². The highest BCUT2D eigenvalue weighted by molar-refractivity contribution is 9.10. The topological polar surface area (TPSA) is 79.0 Å². The molecular formula is C23H22BrClN4O3S. The minimum atomic E-state index is -0.409. The number of nitro benzene ring substituents is 1. The molecule has 4 rings (SSSR count). The summed E-state index contributed by atoms with van der Waals surface area (Å²) in [7, 11) is 0. The number of piperidine rings is 1. The van der Waals surface area contributed by atoms with Crippen LogP contribution in [0.1, 0.15) is 31.7 Å². The maximum Gasteiger partial charge on any atom is 0.270 e. The van der Waals surface area contributed by atoms with Crippen molar-refractivity contribution in [1.29, 1.82) is 0 Å². The fraction of sp³-hybridized carbons (Fsp3) is 0.304. The maximum absolute atomic E-state index is 13.1. The van der Waals surface area contributed by atoms with E-state index in [1.54, 1.807) is 29.2 Å². The van der Waals surface area contributed by atoms with E-state index in [2.05, 4.69) is 25.8 Å². The van der Waals surface area contributed by atoms with Gasteiger partial charge in [-0.1, -0.05) is 11.6 Å². The second-order valence-corrected chi connectivity index (χ2v) is 9.97. The van der Waals surface area contributed by atoms with Crippen LogP contribution in [0.2, 0.25) is 5.02 Å². The van der Waals surface area contributed by atoms with Gasteiger partial charge in [-0.2, -0.15) is 0 Å². The molecule has 10 heteroatoms. The molecule has 0 atom stereocenters. The van der Waals surface area contributed by atoms with Gasteiger partial charge in [0, 0.05) is 47.5 Å². The quantitative estimate of drug-likeness (QED) is 0.238. The van der Waals surface area contributed by atoms with E-state index < -0.39 is 4.92 Å². The van der Waals surface area contributed by atoms with E-state index >= 15 is 0 Å². The number of non-ortho nitro benzene ring substituents is 1. The average molecular weight is 550 g/mol. The Balaban J connectivity index is 1.72. The van der Waals surface area contributed by atoms with Gasteiger partial charge in [0.25, 0.3) is 11.6 Å². The minimum Gasteiger partial charge on any atom is -0.371 e. The lowest BCUT2D eigenvalue weighted by Gasteiger charge is -2.30. The maximum atomic E-state index is 13.1. The number of carbonyl (C=O) groups is 1. The summed E-state index contributed by atoms with van der Waals surface area (Å²) in [6.07, 6.45) is 5.09. The van der Waals surface area contributed by atoms with E-state index in [0.717, 1.165) is 36.1 Å². The van der Waals surface area contributed by atoms with Crippen molar-refractivity contribution in [3.8, 4) is 0 Å². The monoisotopic (exact) mass is 548 g/mol. The number of aliphatic imine (C=N–C) groups is 1. The number of thioether (sulfide) groups is 1. The Morgan fingerprint density at radius 1 is 1.21 bits per heavy atom. The van der Waals surface area contributed by atoms with Gasteiger partial charge in [0.05, 0.1) is 20.5 Å². The molecule has 2 aromatic carbocycles. The molecule has 0 spiro atoms. The second kappa shape index (κ2) is 10.3. The zero-order valence-electron chi connectivity index (χ0n) is 18.0. The highest BCUT2D eigenvalue weighted by Crippen LogP contribution is 2.37. The van der Waals surface area contributed by atoms with Crippen LogP contribution in [-0.4, -0.2) is 40.5 Å². The summed E-state index contributed by atoms with van der Waals surface area (Å²) >= 11 is 10.8. The summed E-state index contributed by atoms with van der Waals surface area (Å²) in [6.45, 7) is 4.14. The molecule has 2 heterocycles. The van der Waals surface area contributed by atoms with Crippen molar-refractivity contribution in [2.75, 3.05) is 24.5 Å². The van der Waals surface area contributed by atoms with Crippen LogP contribution in [0.5, 0.6) is 0 Å². The van der Waals surface area contributed by atoms with Crippen LogP contribution in [-0.2, 0) is 4.79 Å². The molecule has 172 valence electrons. The first-order chi connectivity index (χ1) is 15.9. The molecule has 0 aromatic heterocycles. The molecule has 2 aliphatic heterocycles. The van der Waals surface area contributed by atoms with Crippen LogP contribution in [0.25, 0.3) is 6.08 Å². The normalized spacial score (nSPS) is 19.1. The van der Waals surface area contributed by atoms with Crippen LogP contribution in [0.15, 0.2) is 50.8 Å². The number of nitrogens with zero attached hydrogens (tertiary/aromatic N) is 4. The molecule has 33 heavy (non-hydrogen) atoms. The van der Waals surface area contributed by atoms with Crippen LogP contribution in [0.3, 0.4) is 0 Å². The fourth-order valence-corrected chi connectivity index (χ4v) is 5.35. The van der Waals surface area contributed by atoms with Gasteiger partial charge < -0.3 is 4.90 Å². The van der Waals surface area contributed by atoms with Crippen molar-refractivity contribution in [3.63, 3.8) is 0 Å². The molecule has 0 N–H and O–H groups in total. The Hall–Kier alpha value is -2.36. The molecule has 2 saturated heterocycles. The number of halogens is 2. The van der Waals surface area contributed by atoms with Crippen LogP contribution in [0, 0.1) is 10.1 Å². The Morgan fingerprint density at radius 2 is 1.97 bits per heavy atom. The van der Waals surface area contributed by atoms with Gasteiger partial charge >= 0.3 is 0 Å². The van der Waals surface area contributed by atoms with E-state index in [1.165, 1.54) is 24.2 Å². The molecule has 0 radical (unpaired) electrons. The van der Waals surface area contributed by atoms with Crippen molar-refractivity contribution >= 4 is 73.5 Å². The van der Waals surface area contributed by atoms with Crippen molar-refractivity contribution < 1.29 is 9.72 Å². The molecule has 0 aliphatic carbocycles. The molecule has 0 unspecified atom stereocenters. The van der Waals surface area contributed by atoms with Crippen molar-refractivity contribution in [2.24, 2.45) is 4.99 Å². The molecular weight excluding hydrogens is 528 g/mol.